The van der Waals surface area contributed by atoms with Gasteiger partial charge >= 0.3 is 18.1 Å². The Balaban J connectivity index is 0.000000638. The monoisotopic (exact) mass is 553 g/mol. The molecule has 3 N–H and O–H groups in total. The quantitative estimate of drug-likeness (QED) is 0.360. The van der Waals surface area contributed by atoms with E-state index in [1.807, 2.05) is 49.1 Å². The van der Waals surface area contributed by atoms with Crippen molar-refractivity contribution in [2.75, 3.05) is 16.2 Å². The topological polar surface area (TPSA) is 137 Å². The fraction of sp³-hybridized carbons (Fsp3) is 0.240. The predicted molar refractivity (Wildman–Crippen MR) is 135 cm³/mol. The van der Waals surface area contributed by atoms with Gasteiger partial charge in [-0.2, -0.15) is 13.2 Å². The molecule has 0 saturated carbocycles. The van der Waals surface area contributed by atoms with Crippen LogP contribution in [-0.2, 0) is 21.4 Å². The standard InChI is InChI=1S/C23H25N3O4S.C2HF3O2/c1-4-26(15-18-8-6-5-7-9-18)22-20(23(27)28)13-19(14-24-22)25-31(29,30)21-11-10-16(2)12-17(21)3;3-2(4,5)1(6)7/h5-14,25H,4,15H2,1-3H3,(H,27,28);(H,6,7). The van der Waals surface area contributed by atoms with Gasteiger partial charge in [0.25, 0.3) is 10.0 Å². The van der Waals surface area contributed by atoms with Crippen molar-refractivity contribution >= 4 is 33.5 Å². The van der Waals surface area contributed by atoms with Crippen LogP contribution < -0.4 is 9.62 Å². The number of sulfonamides is 1. The van der Waals surface area contributed by atoms with E-state index in [-0.39, 0.29) is 22.0 Å². The summed E-state index contributed by atoms with van der Waals surface area (Å²) in [6, 6.07) is 16.0. The summed E-state index contributed by atoms with van der Waals surface area (Å²) >= 11 is 0. The van der Waals surface area contributed by atoms with E-state index in [2.05, 4.69) is 9.71 Å². The fourth-order valence-electron chi connectivity index (χ4n) is 3.37. The number of nitrogens with zero attached hydrogens (tertiary/aromatic N) is 2. The number of alkyl halides is 3. The van der Waals surface area contributed by atoms with Crippen LogP contribution >= 0.6 is 0 Å². The first-order valence-electron chi connectivity index (χ1n) is 11.1. The average Bonchev–Trinajstić information content (AvgIpc) is 2.82. The van der Waals surface area contributed by atoms with Crippen LogP contribution in [0.4, 0.5) is 24.7 Å². The predicted octanol–water partition coefficient (Wildman–Crippen LogP) is 4.86. The van der Waals surface area contributed by atoms with E-state index in [1.54, 1.807) is 19.1 Å². The molecular formula is C25H26F3N3O6S. The SMILES string of the molecule is CCN(Cc1ccccc1)c1ncc(NS(=O)(=O)c2ccc(C)cc2C)cc1C(=O)O.O=C(O)C(F)(F)F. The van der Waals surface area contributed by atoms with E-state index in [4.69, 9.17) is 9.90 Å². The molecular weight excluding hydrogens is 527 g/mol. The molecule has 0 aliphatic rings. The average molecular weight is 554 g/mol. The fourth-order valence-corrected chi connectivity index (χ4v) is 4.64. The summed E-state index contributed by atoms with van der Waals surface area (Å²) in [5, 5.41) is 16.9. The molecule has 1 aromatic heterocycles. The second kappa shape index (κ2) is 12.4. The Labute approximate surface area is 217 Å². The van der Waals surface area contributed by atoms with Crippen LogP contribution in [0.25, 0.3) is 0 Å². The van der Waals surface area contributed by atoms with Crippen molar-refractivity contribution in [2.45, 2.75) is 38.4 Å². The van der Waals surface area contributed by atoms with Gasteiger partial charge in [0.15, 0.2) is 0 Å². The maximum atomic E-state index is 12.8. The maximum Gasteiger partial charge on any atom is 0.490 e. The van der Waals surface area contributed by atoms with Crippen LogP contribution in [0.1, 0.15) is 34.0 Å². The number of carbonyl (C=O) groups is 2. The Morgan fingerprint density at radius 2 is 1.63 bits per heavy atom. The van der Waals surface area contributed by atoms with Crippen LogP contribution in [0.15, 0.2) is 65.7 Å². The molecule has 38 heavy (non-hydrogen) atoms. The molecule has 3 rings (SSSR count). The van der Waals surface area contributed by atoms with Gasteiger partial charge in [0, 0.05) is 13.1 Å². The highest BCUT2D eigenvalue weighted by molar-refractivity contribution is 7.92. The molecule has 0 amide bonds. The number of aliphatic carboxylic acids is 1. The van der Waals surface area contributed by atoms with Gasteiger partial charge < -0.3 is 15.1 Å². The van der Waals surface area contributed by atoms with Gasteiger partial charge in [-0.1, -0.05) is 48.0 Å². The molecule has 9 nitrogen and oxygen atoms in total. The summed E-state index contributed by atoms with van der Waals surface area (Å²) < 4.78 is 59.9. The zero-order valence-corrected chi connectivity index (χ0v) is 21.5. The van der Waals surface area contributed by atoms with Crippen LogP contribution in [0.2, 0.25) is 0 Å². The summed E-state index contributed by atoms with van der Waals surface area (Å²) in [6.07, 6.45) is -3.74. The Hall–Kier alpha value is -4.13. The number of anilines is 2. The number of aromatic carboxylic acids is 1. The maximum absolute atomic E-state index is 12.8. The Bertz CT molecular complexity index is 1400. The zero-order chi connectivity index (χ0) is 28.7. The van der Waals surface area contributed by atoms with E-state index in [9.17, 15) is 31.5 Å². The third-order valence-electron chi connectivity index (χ3n) is 5.11. The molecule has 204 valence electrons. The summed E-state index contributed by atoms with van der Waals surface area (Å²) in [5.41, 5.74) is 2.60. The largest absolute Gasteiger partial charge is 0.490 e. The lowest BCUT2D eigenvalue weighted by molar-refractivity contribution is -0.192. The van der Waals surface area contributed by atoms with E-state index < -0.39 is 28.1 Å². The minimum Gasteiger partial charge on any atom is -0.478 e. The number of carboxylic acid groups (broad SMARTS) is 2. The van der Waals surface area contributed by atoms with Gasteiger partial charge in [-0.25, -0.2) is 23.0 Å². The van der Waals surface area contributed by atoms with Gasteiger partial charge in [0.05, 0.1) is 16.8 Å². The van der Waals surface area contributed by atoms with Crippen LogP contribution in [0.3, 0.4) is 0 Å². The first-order valence-corrected chi connectivity index (χ1v) is 12.6. The van der Waals surface area contributed by atoms with E-state index in [0.717, 1.165) is 11.1 Å². The Morgan fingerprint density at radius 3 is 2.13 bits per heavy atom. The number of carboxylic acids is 2. The summed E-state index contributed by atoms with van der Waals surface area (Å²) in [6.45, 7) is 6.53. The van der Waals surface area contributed by atoms with E-state index in [1.165, 1.54) is 18.3 Å². The lowest BCUT2D eigenvalue weighted by Crippen LogP contribution is -2.25. The minimum atomic E-state index is -5.08. The molecule has 0 bridgehead atoms. The number of pyridine rings is 1. The third-order valence-corrected chi connectivity index (χ3v) is 6.65. The van der Waals surface area contributed by atoms with Crippen molar-refractivity contribution in [3.05, 3.63) is 83.0 Å². The number of benzene rings is 2. The molecule has 0 radical (unpaired) electrons. The summed E-state index contributed by atoms with van der Waals surface area (Å²) in [4.78, 5) is 27.1. The molecule has 0 saturated heterocycles. The van der Waals surface area contributed by atoms with Crippen molar-refractivity contribution < 1.29 is 41.4 Å². The molecule has 2 aromatic carbocycles. The van der Waals surface area contributed by atoms with E-state index in [0.29, 0.717) is 18.7 Å². The van der Waals surface area contributed by atoms with Crippen molar-refractivity contribution in [2.24, 2.45) is 0 Å². The lowest BCUT2D eigenvalue weighted by Gasteiger charge is -2.24. The van der Waals surface area contributed by atoms with Crippen molar-refractivity contribution in [1.29, 1.82) is 0 Å². The highest BCUT2D eigenvalue weighted by Crippen LogP contribution is 2.26. The number of aryl methyl sites for hydroxylation is 2. The first-order chi connectivity index (χ1) is 17.7. The second-order valence-electron chi connectivity index (χ2n) is 8.08. The smallest absolute Gasteiger partial charge is 0.478 e. The molecule has 13 heteroatoms. The van der Waals surface area contributed by atoms with Gasteiger partial charge in [-0.3, -0.25) is 4.72 Å². The van der Waals surface area contributed by atoms with Crippen molar-refractivity contribution in [1.82, 2.24) is 4.98 Å². The highest BCUT2D eigenvalue weighted by atomic mass is 32.2. The number of nitrogens with one attached hydrogen (secondary N) is 1. The molecule has 3 aromatic rings. The zero-order valence-electron chi connectivity index (χ0n) is 20.7. The Morgan fingerprint density at radius 1 is 1.03 bits per heavy atom. The van der Waals surface area contributed by atoms with Gasteiger partial charge in [-0.05, 0) is 44.0 Å². The number of hydrogen-bond donors (Lipinski definition) is 3. The number of hydrogen-bond acceptors (Lipinski definition) is 6. The lowest BCUT2D eigenvalue weighted by atomic mass is 10.2. The Kier molecular flexibility index (Phi) is 9.83. The third kappa shape index (κ3) is 8.20. The summed E-state index contributed by atoms with van der Waals surface area (Å²) in [7, 11) is -3.89. The number of halogens is 3. The first kappa shape index (κ1) is 30.1. The van der Waals surface area contributed by atoms with E-state index >= 15 is 0 Å². The minimum absolute atomic E-state index is 0.0707. The molecule has 0 fully saturated rings. The van der Waals surface area contributed by atoms with Crippen LogP contribution in [-0.4, -0.2) is 48.3 Å². The molecule has 0 unspecified atom stereocenters. The van der Waals surface area contributed by atoms with Gasteiger partial charge in [0.1, 0.15) is 11.4 Å². The number of aromatic nitrogens is 1. The second-order valence-corrected chi connectivity index (χ2v) is 9.73. The van der Waals surface area contributed by atoms with Crippen molar-refractivity contribution in [3.8, 4) is 0 Å². The van der Waals surface area contributed by atoms with Crippen molar-refractivity contribution in [3.63, 3.8) is 0 Å². The highest BCUT2D eigenvalue weighted by Gasteiger charge is 2.38. The molecule has 0 aliphatic carbocycles. The number of rotatable bonds is 8. The molecule has 0 spiro atoms. The van der Waals surface area contributed by atoms with Crippen LogP contribution in [0.5, 0.6) is 0 Å². The molecule has 0 aliphatic heterocycles. The van der Waals surface area contributed by atoms with Gasteiger partial charge in [-0.15, -0.1) is 0 Å². The molecule has 1 heterocycles. The van der Waals surface area contributed by atoms with Gasteiger partial charge in [0.2, 0.25) is 0 Å². The molecule has 0 atom stereocenters. The normalized spacial score (nSPS) is 11.2. The summed E-state index contributed by atoms with van der Waals surface area (Å²) in [5.74, 6) is -3.65. The van der Waals surface area contributed by atoms with Crippen LogP contribution in [0, 0.1) is 13.8 Å².